The Morgan fingerprint density at radius 3 is 1.38 bits per heavy atom. The van der Waals surface area contributed by atoms with Crippen LogP contribution in [0.5, 0.6) is 0 Å². The van der Waals surface area contributed by atoms with E-state index in [4.69, 9.17) is 9.47 Å². The summed E-state index contributed by atoms with van der Waals surface area (Å²) < 4.78 is 10.2. The number of carbonyl (C=O) groups is 4. The number of benzene rings is 2. The van der Waals surface area contributed by atoms with Crippen molar-refractivity contribution in [1.82, 2.24) is 40.4 Å². The predicted molar refractivity (Wildman–Crippen MR) is 221 cm³/mol. The first-order valence-electron chi connectivity index (χ1n) is 20.0. The van der Waals surface area contributed by atoms with Crippen molar-refractivity contribution in [3.63, 3.8) is 0 Å². The largest absolute Gasteiger partial charge is 0.445 e. The molecule has 58 heavy (non-hydrogen) atoms. The van der Waals surface area contributed by atoms with Gasteiger partial charge in [-0.3, -0.25) is 9.59 Å². The van der Waals surface area contributed by atoms with Crippen molar-refractivity contribution in [2.45, 2.75) is 77.5 Å². The molecule has 0 aliphatic carbocycles. The first-order valence-corrected chi connectivity index (χ1v) is 20.0. The van der Waals surface area contributed by atoms with Crippen molar-refractivity contribution in [3.8, 4) is 33.6 Å². The zero-order valence-corrected chi connectivity index (χ0v) is 33.7. The van der Waals surface area contributed by atoms with Crippen LogP contribution in [0.1, 0.15) is 77.1 Å². The fourth-order valence-corrected chi connectivity index (χ4v) is 7.61. The number of nitrogens with zero attached hydrogens (tertiary/aromatic N) is 4. The van der Waals surface area contributed by atoms with Gasteiger partial charge in [0.1, 0.15) is 36.9 Å². The van der Waals surface area contributed by atoms with Crippen LogP contribution in [0, 0.1) is 11.8 Å². The quantitative estimate of drug-likeness (QED) is 0.0906. The average Bonchev–Trinajstić information content (AvgIpc) is 4.07. The summed E-state index contributed by atoms with van der Waals surface area (Å²) in [6.45, 7) is 16.0. The SMILES string of the molecule is C=CCOC(=O)NC(C(=O)N1CCCC1c1ncc(-c2ccc(-c3ccc(-c4cnc(C5CCCN5C(=O)C(NC(=O)OCC=C)C(C)C)[nH]4)cc3)cc2)[nH]1)C(C)C. The molecule has 4 aromatic rings. The Bertz CT molecular complexity index is 1920. The molecule has 2 fully saturated rings. The van der Waals surface area contributed by atoms with Gasteiger partial charge in [0, 0.05) is 13.1 Å². The Hall–Kier alpha value is -6.18. The van der Waals surface area contributed by atoms with E-state index in [2.05, 4.69) is 68.0 Å². The summed E-state index contributed by atoms with van der Waals surface area (Å²) in [4.78, 5) is 71.8. The Labute approximate surface area is 339 Å². The molecule has 2 aromatic heterocycles. The van der Waals surface area contributed by atoms with Gasteiger partial charge >= 0.3 is 12.2 Å². The molecule has 4 heterocycles. The maximum Gasteiger partial charge on any atom is 0.408 e. The third kappa shape index (κ3) is 9.50. The predicted octanol–water partition coefficient (Wildman–Crippen LogP) is 7.33. The Kier molecular flexibility index (Phi) is 13.5. The highest BCUT2D eigenvalue weighted by molar-refractivity contribution is 5.87. The molecule has 4 atom stereocenters. The van der Waals surface area contributed by atoms with E-state index < -0.39 is 24.3 Å². The summed E-state index contributed by atoms with van der Waals surface area (Å²) >= 11 is 0. The average molecular weight is 791 g/mol. The number of H-pyrrole nitrogens is 2. The van der Waals surface area contributed by atoms with Gasteiger partial charge in [-0.1, -0.05) is 102 Å². The highest BCUT2D eigenvalue weighted by Crippen LogP contribution is 2.35. The van der Waals surface area contributed by atoms with Crippen LogP contribution in [-0.2, 0) is 19.1 Å². The van der Waals surface area contributed by atoms with Gasteiger partial charge in [-0.25, -0.2) is 19.6 Å². The van der Waals surface area contributed by atoms with Crippen LogP contribution in [-0.4, -0.2) is 92.1 Å². The standard InChI is InChI=1S/C44H54N8O6/c1-7-23-57-43(55)49-37(27(3)4)41(53)51-21-9-11-35(51)39-45-25-33(47-39)31-17-13-29(14-18-31)30-15-19-32(20-16-30)34-26-46-40(48-34)36-12-10-22-52(36)42(54)38(28(5)6)50-44(56)58-24-8-2/h7-8,13-20,25-28,35-38H,1-2,9-12,21-24H2,3-6H3,(H,45,47)(H,46,48)(H,49,55)(H,50,56). The molecule has 14 nitrogen and oxygen atoms in total. The second kappa shape index (κ2) is 18.8. The molecule has 0 radical (unpaired) electrons. The van der Waals surface area contributed by atoms with Crippen molar-refractivity contribution in [1.29, 1.82) is 0 Å². The van der Waals surface area contributed by atoms with Crippen LogP contribution in [0.15, 0.2) is 86.2 Å². The van der Waals surface area contributed by atoms with Gasteiger partial charge in [-0.2, -0.15) is 0 Å². The van der Waals surface area contributed by atoms with Crippen LogP contribution in [0.4, 0.5) is 9.59 Å². The first-order chi connectivity index (χ1) is 28.0. The third-order valence-electron chi connectivity index (χ3n) is 10.7. The normalized spacial score (nSPS) is 17.6. The third-order valence-corrected chi connectivity index (χ3v) is 10.7. The van der Waals surface area contributed by atoms with Crippen molar-refractivity contribution in [3.05, 3.63) is 97.9 Å². The van der Waals surface area contributed by atoms with E-state index in [9.17, 15) is 19.2 Å². The van der Waals surface area contributed by atoms with Gasteiger partial charge in [0.05, 0.1) is 35.9 Å². The molecule has 2 saturated heterocycles. The van der Waals surface area contributed by atoms with Crippen LogP contribution >= 0.6 is 0 Å². The molecule has 0 spiro atoms. The molecule has 6 rings (SSSR count). The zero-order valence-electron chi connectivity index (χ0n) is 33.7. The fraction of sp³-hybridized carbons (Fsp3) is 0.409. The van der Waals surface area contributed by atoms with E-state index in [1.165, 1.54) is 12.2 Å². The van der Waals surface area contributed by atoms with Gasteiger partial charge in [0.25, 0.3) is 0 Å². The highest BCUT2D eigenvalue weighted by Gasteiger charge is 2.39. The number of hydrogen-bond acceptors (Lipinski definition) is 8. The first kappa shape index (κ1) is 41.5. The van der Waals surface area contributed by atoms with Crippen LogP contribution < -0.4 is 10.6 Å². The summed E-state index contributed by atoms with van der Waals surface area (Å²) in [5.41, 5.74) is 5.73. The van der Waals surface area contributed by atoms with E-state index >= 15 is 0 Å². The van der Waals surface area contributed by atoms with E-state index in [0.717, 1.165) is 59.3 Å². The van der Waals surface area contributed by atoms with E-state index in [1.54, 1.807) is 22.2 Å². The Morgan fingerprint density at radius 2 is 1.03 bits per heavy atom. The number of ether oxygens (including phenoxy) is 2. The number of amides is 4. The van der Waals surface area contributed by atoms with Crippen LogP contribution in [0.3, 0.4) is 0 Å². The number of carbonyl (C=O) groups excluding carboxylic acids is 4. The molecule has 4 amide bonds. The lowest BCUT2D eigenvalue weighted by Gasteiger charge is -2.30. The number of hydrogen-bond donors (Lipinski definition) is 4. The molecule has 2 aliphatic rings. The number of aromatic nitrogens is 4. The van der Waals surface area contributed by atoms with Crippen molar-refractivity contribution in [2.75, 3.05) is 26.3 Å². The lowest BCUT2D eigenvalue weighted by atomic mass is 10.0. The number of imidazole rings is 2. The van der Waals surface area contributed by atoms with Crippen molar-refractivity contribution >= 4 is 24.0 Å². The Balaban J connectivity index is 1.09. The van der Waals surface area contributed by atoms with Gasteiger partial charge in [0.15, 0.2) is 0 Å². The van der Waals surface area contributed by atoms with Crippen molar-refractivity contribution < 1.29 is 28.7 Å². The van der Waals surface area contributed by atoms with E-state index in [-0.39, 0.29) is 48.9 Å². The summed E-state index contributed by atoms with van der Waals surface area (Å²) in [5.74, 6) is 0.849. The molecule has 14 heteroatoms. The number of aromatic amines is 2. The number of nitrogens with one attached hydrogen (secondary N) is 4. The smallest absolute Gasteiger partial charge is 0.408 e. The van der Waals surface area contributed by atoms with Gasteiger partial charge in [0.2, 0.25) is 11.8 Å². The lowest BCUT2D eigenvalue weighted by Crippen LogP contribution is -2.51. The number of alkyl carbamates (subject to hydrolysis) is 2. The molecular formula is C44H54N8O6. The zero-order chi connectivity index (χ0) is 41.3. The minimum Gasteiger partial charge on any atom is -0.445 e. The maximum atomic E-state index is 13.7. The van der Waals surface area contributed by atoms with Gasteiger partial charge < -0.3 is 39.9 Å². The maximum absolute atomic E-state index is 13.7. The van der Waals surface area contributed by atoms with Crippen molar-refractivity contribution in [2.24, 2.45) is 11.8 Å². The minimum atomic E-state index is -0.722. The molecule has 306 valence electrons. The number of likely N-dealkylation sites (tertiary alicyclic amines) is 2. The molecule has 4 unspecified atom stereocenters. The van der Waals surface area contributed by atoms with E-state index in [1.807, 2.05) is 52.0 Å². The fourth-order valence-electron chi connectivity index (χ4n) is 7.61. The summed E-state index contributed by atoms with van der Waals surface area (Å²) in [7, 11) is 0. The molecular weight excluding hydrogens is 737 g/mol. The molecule has 4 N–H and O–H groups in total. The topological polar surface area (TPSA) is 175 Å². The second-order valence-corrected chi connectivity index (χ2v) is 15.4. The second-order valence-electron chi connectivity index (χ2n) is 15.4. The molecule has 0 saturated carbocycles. The molecule has 0 bridgehead atoms. The highest BCUT2D eigenvalue weighted by atomic mass is 16.6. The van der Waals surface area contributed by atoms with Gasteiger partial charge in [-0.05, 0) is 59.8 Å². The minimum absolute atomic E-state index is 0.0673. The monoisotopic (exact) mass is 790 g/mol. The number of rotatable bonds is 15. The summed E-state index contributed by atoms with van der Waals surface area (Å²) in [6.07, 6.45) is 8.48. The Morgan fingerprint density at radius 1 is 0.672 bits per heavy atom. The summed E-state index contributed by atoms with van der Waals surface area (Å²) in [6, 6.07) is 14.6. The van der Waals surface area contributed by atoms with Crippen LogP contribution in [0.25, 0.3) is 33.6 Å². The lowest BCUT2D eigenvalue weighted by molar-refractivity contribution is -0.136. The van der Waals surface area contributed by atoms with Gasteiger partial charge in [-0.15, -0.1) is 0 Å². The molecule has 2 aliphatic heterocycles. The summed E-state index contributed by atoms with van der Waals surface area (Å²) in [5, 5.41) is 5.46. The van der Waals surface area contributed by atoms with E-state index in [0.29, 0.717) is 24.7 Å². The molecule has 2 aromatic carbocycles. The van der Waals surface area contributed by atoms with Crippen LogP contribution in [0.2, 0.25) is 0 Å².